The van der Waals surface area contributed by atoms with Crippen LogP contribution in [0.4, 0.5) is 11.4 Å². The smallest absolute Gasteiger partial charge is 0.333 e. The van der Waals surface area contributed by atoms with Crippen molar-refractivity contribution in [1.29, 1.82) is 0 Å². The first-order valence-electron chi connectivity index (χ1n) is 14.2. The lowest BCUT2D eigenvalue weighted by atomic mass is 9.44. The minimum absolute atomic E-state index is 0.0679. The van der Waals surface area contributed by atoms with Crippen molar-refractivity contribution in [2.45, 2.75) is 6.92 Å². The van der Waals surface area contributed by atoms with E-state index in [9.17, 15) is 0 Å². The monoisotopic (exact) mass is 538 g/mol. The first kappa shape index (κ1) is 22.0. The maximum Gasteiger partial charge on any atom is 0.333 e. The van der Waals surface area contributed by atoms with Gasteiger partial charge in [-0.1, -0.05) is 78.9 Å². The molecule has 0 fully saturated rings. The van der Waals surface area contributed by atoms with Gasteiger partial charge in [0, 0.05) is 53.6 Å². The van der Waals surface area contributed by atoms with Gasteiger partial charge in [-0.15, -0.1) is 11.3 Å². The number of aromatic nitrogens is 1. The van der Waals surface area contributed by atoms with Crippen LogP contribution in [-0.2, 0) is 0 Å². The maximum absolute atomic E-state index is 2.61. The van der Waals surface area contributed by atoms with Gasteiger partial charge in [-0.2, -0.15) is 0 Å². The number of fused-ring (bicyclic) bond motifs is 12. The van der Waals surface area contributed by atoms with E-state index in [1.54, 1.807) is 0 Å². The molecule has 0 saturated heterocycles. The van der Waals surface area contributed by atoms with Crippen LogP contribution in [0.25, 0.3) is 58.8 Å². The SMILES string of the molecule is Cc1cc2c3c4c1c1ccccc1n4-c1ccccc1B3N(c1ccccc1)c1ccc3sc4ccccc4c3c1-2. The molecule has 41 heavy (non-hydrogen) atoms. The molecule has 0 amide bonds. The number of thiophene rings is 1. The van der Waals surface area contributed by atoms with Gasteiger partial charge in [0.1, 0.15) is 0 Å². The van der Waals surface area contributed by atoms with Gasteiger partial charge < -0.3 is 9.38 Å². The molecule has 0 unspecified atom stereocenters. The quantitative estimate of drug-likeness (QED) is 0.190. The highest BCUT2D eigenvalue weighted by Gasteiger charge is 2.44. The van der Waals surface area contributed by atoms with Crippen molar-refractivity contribution in [3.63, 3.8) is 0 Å². The molecule has 0 N–H and O–H groups in total. The number of nitrogens with zero attached hydrogens (tertiary/aromatic N) is 2. The van der Waals surface area contributed by atoms with Crippen molar-refractivity contribution >= 4 is 82.5 Å². The zero-order valence-electron chi connectivity index (χ0n) is 22.4. The molecule has 4 heteroatoms. The number of rotatable bonds is 1. The molecule has 0 bridgehead atoms. The second-order valence-electron chi connectivity index (χ2n) is 11.3. The van der Waals surface area contributed by atoms with Gasteiger partial charge in [-0.05, 0) is 71.4 Å². The fourth-order valence-corrected chi connectivity index (χ4v) is 8.88. The lowest BCUT2D eigenvalue weighted by Gasteiger charge is -2.42. The maximum atomic E-state index is 2.61. The van der Waals surface area contributed by atoms with Crippen LogP contribution in [-0.4, -0.2) is 11.4 Å². The van der Waals surface area contributed by atoms with E-state index in [4.69, 9.17) is 0 Å². The van der Waals surface area contributed by atoms with Crippen LogP contribution in [0.1, 0.15) is 5.56 Å². The van der Waals surface area contributed by atoms with Crippen LogP contribution in [0.2, 0.25) is 0 Å². The van der Waals surface area contributed by atoms with Gasteiger partial charge >= 0.3 is 6.85 Å². The zero-order valence-corrected chi connectivity index (χ0v) is 23.2. The topological polar surface area (TPSA) is 8.17 Å². The Morgan fingerprint density at radius 3 is 2.29 bits per heavy atom. The molecule has 4 heterocycles. The Hall–Kier alpha value is -4.80. The summed E-state index contributed by atoms with van der Waals surface area (Å²) in [7, 11) is 0. The Morgan fingerprint density at radius 2 is 1.39 bits per heavy atom. The lowest BCUT2D eigenvalue weighted by molar-refractivity contribution is 1.18. The van der Waals surface area contributed by atoms with Gasteiger partial charge in [0.25, 0.3) is 0 Å². The minimum atomic E-state index is 0.0679. The first-order chi connectivity index (χ1) is 20.3. The summed E-state index contributed by atoms with van der Waals surface area (Å²) >= 11 is 1.90. The fourth-order valence-electron chi connectivity index (χ4n) is 7.76. The molecule has 2 aromatic heterocycles. The Labute approximate surface area is 241 Å². The van der Waals surface area contributed by atoms with Crippen LogP contribution in [0, 0.1) is 6.92 Å². The van der Waals surface area contributed by atoms with Crippen LogP contribution < -0.4 is 15.7 Å². The molecule has 0 aliphatic carbocycles. The summed E-state index contributed by atoms with van der Waals surface area (Å²) < 4.78 is 5.23. The van der Waals surface area contributed by atoms with Gasteiger partial charge in [0.15, 0.2) is 0 Å². The third-order valence-electron chi connectivity index (χ3n) is 9.26. The highest BCUT2D eigenvalue weighted by molar-refractivity contribution is 7.26. The Balaban J connectivity index is 1.49. The Kier molecular flexibility index (Phi) is 4.12. The molecular formula is C37H23BN2S. The van der Waals surface area contributed by atoms with Gasteiger partial charge in [-0.25, -0.2) is 0 Å². The van der Waals surface area contributed by atoms with E-state index < -0.39 is 0 Å². The normalized spacial score (nSPS) is 13.4. The molecule has 0 spiro atoms. The average Bonchev–Trinajstić information content (AvgIpc) is 3.58. The van der Waals surface area contributed by atoms with Crippen LogP contribution in [0.3, 0.4) is 0 Å². The van der Waals surface area contributed by atoms with E-state index in [0.29, 0.717) is 0 Å². The molecule has 2 aliphatic rings. The van der Waals surface area contributed by atoms with Crippen molar-refractivity contribution in [1.82, 2.24) is 4.57 Å². The van der Waals surface area contributed by atoms with E-state index in [-0.39, 0.29) is 6.85 Å². The predicted octanol–water partition coefficient (Wildman–Crippen LogP) is 8.70. The average molecular weight is 538 g/mol. The largest absolute Gasteiger partial charge is 0.376 e. The van der Waals surface area contributed by atoms with Gasteiger partial charge in [-0.3, -0.25) is 0 Å². The highest BCUT2D eigenvalue weighted by Crippen LogP contribution is 2.50. The summed E-state index contributed by atoms with van der Waals surface area (Å²) in [5.74, 6) is 0. The molecule has 6 aromatic carbocycles. The molecule has 0 radical (unpaired) electrons. The standard InChI is InChI=1S/C37H23BN2S/c1-22-21-26-34-30(19-20-32-35(34)25-14-6-10-18-31(25)41-32)40(23-11-3-2-4-12-23)38-27-15-7-9-17-29(27)39-28-16-8-5-13-24(28)33(22)37(39)36(26)38/h2-21H,1H3. The van der Waals surface area contributed by atoms with E-state index in [2.05, 4.69) is 138 Å². The zero-order chi connectivity index (χ0) is 26.8. The van der Waals surface area contributed by atoms with Crippen molar-refractivity contribution in [3.8, 4) is 16.8 Å². The van der Waals surface area contributed by atoms with E-state index in [1.807, 2.05) is 11.3 Å². The summed E-state index contributed by atoms with van der Waals surface area (Å²) in [6.07, 6.45) is 0. The number of benzene rings is 6. The van der Waals surface area contributed by atoms with E-state index >= 15 is 0 Å². The number of aryl methyl sites for hydroxylation is 1. The Bertz CT molecular complexity index is 2400. The summed E-state index contributed by atoms with van der Waals surface area (Å²) in [4.78, 5) is 2.61. The summed E-state index contributed by atoms with van der Waals surface area (Å²) in [6, 6.07) is 45.1. The molecule has 2 aliphatic heterocycles. The lowest BCUT2D eigenvalue weighted by Crippen LogP contribution is -2.60. The van der Waals surface area contributed by atoms with Crippen LogP contribution >= 0.6 is 11.3 Å². The van der Waals surface area contributed by atoms with Gasteiger partial charge in [0.05, 0.1) is 11.0 Å². The molecule has 0 atom stereocenters. The molecule has 190 valence electrons. The van der Waals surface area contributed by atoms with Crippen molar-refractivity contribution in [2.75, 3.05) is 4.81 Å². The predicted molar refractivity (Wildman–Crippen MR) is 177 cm³/mol. The summed E-state index contributed by atoms with van der Waals surface area (Å²) in [5.41, 5.74) is 13.2. The fraction of sp³-hybridized carbons (Fsp3) is 0.0270. The minimum Gasteiger partial charge on any atom is -0.376 e. The molecule has 8 aromatic rings. The summed E-state index contributed by atoms with van der Waals surface area (Å²) in [5, 5.41) is 5.42. The third kappa shape index (κ3) is 2.64. The number of anilines is 2. The molecule has 10 rings (SSSR count). The number of hydrogen-bond donors (Lipinski definition) is 0. The Morgan fingerprint density at radius 1 is 0.634 bits per heavy atom. The number of para-hydroxylation sites is 3. The van der Waals surface area contributed by atoms with E-state index in [1.165, 1.54) is 86.7 Å². The number of hydrogen-bond acceptors (Lipinski definition) is 2. The van der Waals surface area contributed by atoms with Crippen molar-refractivity contribution < 1.29 is 0 Å². The summed E-state index contributed by atoms with van der Waals surface area (Å²) in [6.45, 7) is 2.37. The van der Waals surface area contributed by atoms with E-state index in [0.717, 1.165) is 0 Å². The van der Waals surface area contributed by atoms with Crippen molar-refractivity contribution in [3.05, 3.63) is 127 Å². The molecule has 0 saturated carbocycles. The van der Waals surface area contributed by atoms with Crippen LogP contribution in [0.5, 0.6) is 0 Å². The van der Waals surface area contributed by atoms with Crippen molar-refractivity contribution in [2.24, 2.45) is 0 Å². The second-order valence-corrected chi connectivity index (χ2v) is 12.4. The third-order valence-corrected chi connectivity index (χ3v) is 10.4. The second kappa shape index (κ2) is 7.69. The molecule has 2 nitrogen and oxygen atoms in total. The first-order valence-corrected chi connectivity index (χ1v) is 15.1. The van der Waals surface area contributed by atoms with Gasteiger partial charge in [0.2, 0.25) is 0 Å². The highest BCUT2D eigenvalue weighted by atomic mass is 32.1. The van der Waals surface area contributed by atoms with Crippen LogP contribution in [0.15, 0.2) is 121 Å². The molecular weight excluding hydrogens is 515 g/mol.